The van der Waals surface area contributed by atoms with Crippen LogP contribution in [0.4, 0.5) is 0 Å². The topological polar surface area (TPSA) is 49.7 Å². The minimum Gasteiger partial charge on any atom is -0.411 e. The van der Waals surface area contributed by atoms with Gasteiger partial charge in [-0.15, -0.1) is 5.16 Å². The van der Waals surface area contributed by atoms with Gasteiger partial charge in [-0.2, -0.15) is 0 Å². The normalized spacial score (nSPS) is 21.3. The quantitative estimate of drug-likeness (QED) is 0.374. The van der Waals surface area contributed by atoms with Crippen molar-refractivity contribution in [1.29, 1.82) is 0 Å². The Hall–Kier alpha value is -0.860. The van der Waals surface area contributed by atoms with Crippen LogP contribution in [0.2, 0.25) is 0 Å². The van der Waals surface area contributed by atoms with Crippen molar-refractivity contribution in [3.8, 4) is 0 Å². The zero-order valence-corrected chi connectivity index (χ0v) is 6.49. The molecule has 0 bridgehead atoms. The molecular weight excluding hydrogens is 142 g/mol. The molecule has 62 valence electrons. The molecule has 1 fully saturated rings. The highest BCUT2D eigenvalue weighted by Gasteiger charge is 2.17. The number of rotatable bonds is 2. The average Bonchev–Trinajstić information content (AvgIpc) is 2.04. The van der Waals surface area contributed by atoms with Crippen LogP contribution in [-0.2, 0) is 4.79 Å². The van der Waals surface area contributed by atoms with Crippen molar-refractivity contribution in [2.45, 2.75) is 32.1 Å². The van der Waals surface area contributed by atoms with Gasteiger partial charge in [0, 0.05) is 19.1 Å². The summed E-state index contributed by atoms with van der Waals surface area (Å²) < 4.78 is 0. The molecule has 0 amide bonds. The molecule has 0 unspecified atom stereocenters. The second kappa shape index (κ2) is 4.11. The van der Waals surface area contributed by atoms with E-state index in [-0.39, 0.29) is 0 Å². The van der Waals surface area contributed by atoms with Crippen molar-refractivity contribution in [2.24, 2.45) is 11.1 Å². The van der Waals surface area contributed by atoms with Crippen molar-refractivity contribution in [2.75, 3.05) is 0 Å². The molecule has 0 radical (unpaired) electrons. The molecule has 0 aliphatic heterocycles. The monoisotopic (exact) mass is 155 g/mol. The molecule has 0 saturated heterocycles. The van der Waals surface area contributed by atoms with Crippen LogP contribution in [-0.4, -0.2) is 17.2 Å². The van der Waals surface area contributed by atoms with E-state index in [0.29, 0.717) is 24.5 Å². The summed E-state index contributed by atoms with van der Waals surface area (Å²) in [5.74, 6) is 0.936. The zero-order chi connectivity index (χ0) is 8.10. The fourth-order valence-corrected chi connectivity index (χ4v) is 1.43. The van der Waals surface area contributed by atoms with Crippen LogP contribution < -0.4 is 0 Å². The number of hydrogen-bond donors (Lipinski definition) is 1. The van der Waals surface area contributed by atoms with Gasteiger partial charge in [-0.3, -0.25) is 4.79 Å². The van der Waals surface area contributed by atoms with Crippen LogP contribution in [0.25, 0.3) is 0 Å². The molecule has 1 aliphatic carbocycles. The van der Waals surface area contributed by atoms with Crippen molar-refractivity contribution >= 4 is 12.0 Å². The van der Waals surface area contributed by atoms with Crippen molar-refractivity contribution in [1.82, 2.24) is 0 Å². The number of carbonyl (C=O) groups is 1. The fraction of sp³-hybridized carbons (Fsp3) is 0.750. The van der Waals surface area contributed by atoms with E-state index in [0.717, 1.165) is 19.3 Å². The maximum Gasteiger partial charge on any atom is 0.132 e. The lowest BCUT2D eigenvalue weighted by Crippen LogP contribution is -2.13. The van der Waals surface area contributed by atoms with Gasteiger partial charge in [0.2, 0.25) is 0 Å². The summed E-state index contributed by atoms with van der Waals surface area (Å²) in [6.07, 6.45) is 5.67. The third-order valence-corrected chi connectivity index (χ3v) is 2.18. The molecule has 1 rings (SSSR count). The van der Waals surface area contributed by atoms with Gasteiger partial charge < -0.3 is 5.21 Å². The lowest BCUT2D eigenvalue weighted by Gasteiger charge is -2.18. The summed E-state index contributed by atoms with van der Waals surface area (Å²) in [4.78, 5) is 10.8. The molecule has 3 heteroatoms. The Morgan fingerprint density at radius 2 is 2.18 bits per heavy atom. The second-order valence-corrected chi connectivity index (χ2v) is 3.02. The van der Waals surface area contributed by atoms with Crippen molar-refractivity contribution in [3.63, 3.8) is 0 Å². The molecule has 0 heterocycles. The van der Waals surface area contributed by atoms with Gasteiger partial charge in [-0.1, -0.05) is 0 Å². The van der Waals surface area contributed by atoms with Crippen LogP contribution in [0.5, 0.6) is 0 Å². The Balaban J connectivity index is 2.22. The molecule has 11 heavy (non-hydrogen) atoms. The third kappa shape index (κ3) is 2.70. The predicted molar refractivity (Wildman–Crippen MR) is 41.9 cm³/mol. The Labute approximate surface area is 66.1 Å². The molecule has 0 atom stereocenters. The summed E-state index contributed by atoms with van der Waals surface area (Å²) in [6.45, 7) is 0. The number of oxime groups is 1. The molecule has 1 aliphatic rings. The number of Topliss-reactive ketones (excluding diaryl/α,β-unsaturated/α-hetero) is 1. The zero-order valence-electron chi connectivity index (χ0n) is 6.49. The Kier molecular flexibility index (Phi) is 3.08. The highest BCUT2D eigenvalue weighted by Crippen LogP contribution is 2.23. The van der Waals surface area contributed by atoms with Crippen LogP contribution in [0, 0.1) is 5.92 Å². The van der Waals surface area contributed by atoms with E-state index in [1.165, 1.54) is 6.21 Å². The van der Waals surface area contributed by atoms with Gasteiger partial charge in [-0.25, -0.2) is 0 Å². The van der Waals surface area contributed by atoms with Crippen LogP contribution in [0.1, 0.15) is 32.1 Å². The molecule has 0 aromatic rings. The number of carbonyl (C=O) groups excluding carboxylic acids is 1. The SMILES string of the molecule is O=C1CCC(C/C=N/O)CC1. The average molecular weight is 155 g/mol. The van der Waals surface area contributed by atoms with E-state index in [4.69, 9.17) is 5.21 Å². The summed E-state index contributed by atoms with van der Waals surface area (Å²) in [5, 5.41) is 11.1. The Morgan fingerprint density at radius 1 is 1.55 bits per heavy atom. The molecular formula is C8H13NO2. The lowest BCUT2D eigenvalue weighted by molar-refractivity contribution is -0.120. The first-order valence-electron chi connectivity index (χ1n) is 4.00. The third-order valence-electron chi connectivity index (χ3n) is 2.18. The maximum atomic E-state index is 10.8. The summed E-state index contributed by atoms with van der Waals surface area (Å²) in [7, 11) is 0. The number of ketones is 1. The molecule has 0 aromatic heterocycles. The fourth-order valence-electron chi connectivity index (χ4n) is 1.43. The minimum atomic E-state index is 0.377. The Morgan fingerprint density at radius 3 is 2.73 bits per heavy atom. The van der Waals surface area contributed by atoms with Gasteiger partial charge in [-0.05, 0) is 25.2 Å². The molecule has 1 saturated carbocycles. The molecule has 1 N–H and O–H groups in total. The van der Waals surface area contributed by atoms with Gasteiger partial charge >= 0.3 is 0 Å². The highest BCUT2D eigenvalue weighted by molar-refractivity contribution is 5.79. The van der Waals surface area contributed by atoms with Gasteiger partial charge in [0.05, 0.1) is 0 Å². The summed E-state index contributed by atoms with van der Waals surface area (Å²) >= 11 is 0. The molecule has 3 nitrogen and oxygen atoms in total. The van der Waals surface area contributed by atoms with E-state index in [2.05, 4.69) is 5.16 Å². The van der Waals surface area contributed by atoms with E-state index >= 15 is 0 Å². The first kappa shape index (κ1) is 8.24. The predicted octanol–water partition coefficient (Wildman–Crippen LogP) is 1.60. The lowest BCUT2D eigenvalue weighted by atomic mass is 9.87. The van der Waals surface area contributed by atoms with Crippen LogP contribution in [0.3, 0.4) is 0 Å². The largest absolute Gasteiger partial charge is 0.411 e. The minimum absolute atomic E-state index is 0.377. The van der Waals surface area contributed by atoms with E-state index in [1.807, 2.05) is 0 Å². The number of hydrogen-bond acceptors (Lipinski definition) is 3. The second-order valence-electron chi connectivity index (χ2n) is 3.02. The summed E-state index contributed by atoms with van der Waals surface area (Å²) in [6, 6.07) is 0. The van der Waals surface area contributed by atoms with Crippen LogP contribution in [0.15, 0.2) is 5.16 Å². The van der Waals surface area contributed by atoms with Crippen LogP contribution >= 0.6 is 0 Å². The molecule has 0 aromatic carbocycles. The smallest absolute Gasteiger partial charge is 0.132 e. The highest BCUT2D eigenvalue weighted by atomic mass is 16.4. The van der Waals surface area contributed by atoms with Gasteiger partial charge in [0.1, 0.15) is 5.78 Å². The van der Waals surface area contributed by atoms with E-state index in [1.54, 1.807) is 0 Å². The first-order chi connectivity index (χ1) is 5.33. The standard InChI is InChI=1S/C8H13NO2/c10-8-3-1-7(2-4-8)5-6-9-11/h6-7,11H,1-5H2/b9-6+. The number of nitrogens with zero attached hydrogens (tertiary/aromatic N) is 1. The summed E-state index contributed by atoms with van der Waals surface area (Å²) in [5.41, 5.74) is 0. The van der Waals surface area contributed by atoms with E-state index < -0.39 is 0 Å². The van der Waals surface area contributed by atoms with Gasteiger partial charge in [0.15, 0.2) is 0 Å². The van der Waals surface area contributed by atoms with Gasteiger partial charge in [0.25, 0.3) is 0 Å². The molecule has 0 spiro atoms. The van der Waals surface area contributed by atoms with Crippen molar-refractivity contribution in [3.05, 3.63) is 0 Å². The first-order valence-corrected chi connectivity index (χ1v) is 4.00. The van der Waals surface area contributed by atoms with E-state index in [9.17, 15) is 4.79 Å². The van der Waals surface area contributed by atoms with Crippen molar-refractivity contribution < 1.29 is 10.0 Å². The maximum absolute atomic E-state index is 10.8. The Bertz CT molecular complexity index is 155.